The minimum atomic E-state index is -0.824. The molecule has 10 heteroatoms. The molecule has 228 valence electrons. The third kappa shape index (κ3) is 14.3. The monoisotopic (exact) mass is 574 g/mol. The van der Waals surface area contributed by atoms with E-state index in [1.165, 1.54) is 0 Å². The van der Waals surface area contributed by atoms with Crippen LogP contribution in [-0.2, 0) is 25.6 Å². The molecule has 0 radical (unpaired) electrons. The van der Waals surface area contributed by atoms with E-state index in [0.717, 1.165) is 18.4 Å². The number of aliphatic hydroxyl groups is 2. The second-order valence-electron chi connectivity index (χ2n) is 10.5. The van der Waals surface area contributed by atoms with Crippen molar-refractivity contribution in [3.05, 3.63) is 70.3 Å². The number of hydrogen-bond donors (Lipinski definition) is 3. The van der Waals surface area contributed by atoms with Gasteiger partial charge in [-0.05, 0) is 69.4 Å². The first-order valence-corrected chi connectivity index (χ1v) is 14.8. The maximum atomic E-state index is 12.6. The van der Waals surface area contributed by atoms with Crippen LogP contribution in [0, 0.1) is 22.0 Å². The van der Waals surface area contributed by atoms with Crippen LogP contribution in [0.15, 0.2) is 54.6 Å². The molecule has 0 saturated heterocycles. The van der Waals surface area contributed by atoms with Gasteiger partial charge in [0.15, 0.2) is 0 Å². The van der Waals surface area contributed by atoms with Crippen molar-refractivity contribution in [1.82, 2.24) is 5.32 Å². The average Bonchev–Trinajstić information content (AvgIpc) is 3.21. The summed E-state index contributed by atoms with van der Waals surface area (Å²) >= 11 is 0. The Morgan fingerprint density at radius 2 is 1.88 bits per heavy atom. The Morgan fingerprint density at radius 1 is 1.10 bits per heavy atom. The van der Waals surface area contributed by atoms with Crippen LogP contribution >= 0.6 is 0 Å². The van der Waals surface area contributed by atoms with Gasteiger partial charge in [-0.3, -0.25) is 9.59 Å². The summed E-state index contributed by atoms with van der Waals surface area (Å²) in [7, 11) is 0. The van der Waals surface area contributed by atoms with Crippen molar-refractivity contribution in [3.63, 3.8) is 0 Å². The highest BCUT2D eigenvalue weighted by Gasteiger charge is 2.39. The fourth-order valence-electron chi connectivity index (χ4n) is 5.06. The molecule has 0 aromatic heterocycles. The van der Waals surface area contributed by atoms with Gasteiger partial charge in [0.2, 0.25) is 5.91 Å². The minimum absolute atomic E-state index is 0.00647. The van der Waals surface area contributed by atoms with Crippen molar-refractivity contribution in [2.75, 3.05) is 13.2 Å². The number of carbonyl (C=O) groups is 2. The van der Waals surface area contributed by atoms with Gasteiger partial charge < -0.3 is 25.1 Å². The molecule has 2 rings (SSSR count). The molecule has 41 heavy (non-hydrogen) atoms. The van der Waals surface area contributed by atoms with Gasteiger partial charge in [0.05, 0.1) is 18.8 Å². The van der Waals surface area contributed by atoms with Gasteiger partial charge in [0.1, 0.15) is 6.10 Å². The zero-order chi connectivity index (χ0) is 29.9. The third-order valence-corrected chi connectivity index (χ3v) is 7.25. The van der Waals surface area contributed by atoms with Gasteiger partial charge >= 0.3 is 5.97 Å². The highest BCUT2D eigenvalue weighted by Crippen LogP contribution is 2.36. The number of hydrogen-bond acceptors (Lipinski definition) is 8. The maximum Gasteiger partial charge on any atom is 0.306 e. The molecule has 1 aliphatic carbocycles. The summed E-state index contributed by atoms with van der Waals surface area (Å²) in [6.07, 6.45) is 11.9. The zero-order valence-electron chi connectivity index (χ0n) is 24.1. The van der Waals surface area contributed by atoms with Gasteiger partial charge in [-0.2, -0.15) is 0 Å². The van der Waals surface area contributed by atoms with Crippen LogP contribution < -0.4 is 5.32 Å². The van der Waals surface area contributed by atoms with Crippen molar-refractivity contribution >= 4 is 11.9 Å². The number of rotatable bonds is 20. The summed E-state index contributed by atoms with van der Waals surface area (Å²) in [6, 6.07) is 9.91. The molecule has 0 heterocycles. The SMILES string of the molecule is CCNC(=O)CCC/C=C\C[C@@H]1[C@@H](/C=C/[C@@H](CCc2ccccc2)OC(=O)CCCCCO[N+](=O)[O-])[C@H](O)C[C@@H]1O. The Hall–Kier alpha value is -3.24. The van der Waals surface area contributed by atoms with E-state index in [0.29, 0.717) is 57.9 Å². The van der Waals surface area contributed by atoms with Gasteiger partial charge in [-0.25, -0.2) is 0 Å². The van der Waals surface area contributed by atoms with Crippen molar-refractivity contribution < 1.29 is 34.5 Å². The molecule has 1 saturated carbocycles. The summed E-state index contributed by atoms with van der Waals surface area (Å²) in [5.41, 5.74) is 1.12. The molecule has 3 N–H and O–H groups in total. The first-order valence-electron chi connectivity index (χ1n) is 14.8. The smallest absolute Gasteiger partial charge is 0.306 e. The van der Waals surface area contributed by atoms with Crippen molar-refractivity contribution in [2.45, 2.75) is 95.9 Å². The van der Waals surface area contributed by atoms with Gasteiger partial charge in [0.25, 0.3) is 5.09 Å². The van der Waals surface area contributed by atoms with E-state index < -0.39 is 23.4 Å². The average molecular weight is 575 g/mol. The standard InChI is InChI=1S/C31H46N2O8/c1-2-32-30(36)16-10-4-3-9-15-26-27(29(35)23-28(26)34)21-20-25(19-18-24-13-7-5-8-14-24)41-31(37)17-11-6-12-22-40-33(38)39/h3,5,7-9,13-14,20-21,25-29,34-35H,2,4,6,10-12,15-19,22-23H2,1H3,(H,32,36)/b9-3-,21-20+/t25-,26-,27-,28+,29-/m1/s1. The second kappa shape index (κ2) is 19.8. The van der Waals surface area contributed by atoms with Crippen LogP contribution in [0.25, 0.3) is 0 Å². The van der Waals surface area contributed by atoms with E-state index in [9.17, 15) is 29.9 Å². The van der Waals surface area contributed by atoms with Gasteiger partial charge in [-0.15, -0.1) is 10.1 Å². The molecule has 1 aliphatic rings. The lowest BCUT2D eigenvalue weighted by atomic mass is 9.89. The van der Waals surface area contributed by atoms with E-state index in [2.05, 4.69) is 10.2 Å². The van der Waals surface area contributed by atoms with Gasteiger partial charge in [-0.1, -0.05) is 55.0 Å². The quantitative estimate of drug-likeness (QED) is 0.0679. The number of amides is 1. The highest BCUT2D eigenvalue weighted by atomic mass is 16.9. The molecule has 0 aliphatic heterocycles. The third-order valence-electron chi connectivity index (χ3n) is 7.25. The number of aliphatic hydroxyl groups excluding tert-OH is 2. The molecular weight excluding hydrogens is 528 g/mol. The molecule has 1 fully saturated rings. The Morgan fingerprint density at radius 3 is 2.61 bits per heavy atom. The summed E-state index contributed by atoms with van der Waals surface area (Å²) in [5, 5.41) is 33.5. The Bertz CT molecular complexity index is 968. The molecule has 5 atom stereocenters. The number of ether oxygens (including phenoxy) is 1. The van der Waals surface area contributed by atoms with E-state index in [1.807, 2.05) is 61.6 Å². The van der Waals surface area contributed by atoms with Crippen LogP contribution in [0.2, 0.25) is 0 Å². The lowest BCUT2D eigenvalue weighted by Crippen LogP contribution is -2.22. The summed E-state index contributed by atoms with van der Waals surface area (Å²) in [5.74, 6) is -0.732. The topological polar surface area (TPSA) is 148 Å². The molecule has 1 aromatic carbocycles. The summed E-state index contributed by atoms with van der Waals surface area (Å²) in [6.45, 7) is 2.52. The minimum Gasteiger partial charge on any atom is -0.458 e. The van der Waals surface area contributed by atoms with Crippen molar-refractivity contribution in [1.29, 1.82) is 0 Å². The van der Waals surface area contributed by atoms with Crippen LogP contribution in [-0.4, -0.2) is 58.6 Å². The summed E-state index contributed by atoms with van der Waals surface area (Å²) in [4.78, 5) is 38.7. The number of benzene rings is 1. The molecule has 1 amide bonds. The Balaban J connectivity index is 1.93. The van der Waals surface area contributed by atoms with E-state index >= 15 is 0 Å². The number of unbranched alkanes of at least 4 members (excludes halogenated alkanes) is 3. The normalized spacial score (nSPS) is 21.2. The molecule has 10 nitrogen and oxygen atoms in total. The van der Waals surface area contributed by atoms with Crippen LogP contribution in [0.1, 0.15) is 76.7 Å². The predicted octanol–water partition coefficient (Wildman–Crippen LogP) is 4.47. The lowest BCUT2D eigenvalue weighted by molar-refractivity contribution is -0.757. The Labute approximate surface area is 242 Å². The van der Waals surface area contributed by atoms with Crippen LogP contribution in [0.5, 0.6) is 0 Å². The molecule has 0 spiro atoms. The molecular formula is C31H46N2O8. The predicted molar refractivity (Wildman–Crippen MR) is 155 cm³/mol. The van der Waals surface area contributed by atoms with Crippen LogP contribution in [0.3, 0.4) is 0 Å². The largest absolute Gasteiger partial charge is 0.458 e. The number of carbonyl (C=O) groups excluding carboxylic acids is 2. The summed E-state index contributed by atoms with van der Waals surface area (Å²) < 4.78 is 5.78. The highest BCUT2D eigenvalue weighted by molar-refractivity contribution is 5.75. The molecule has 1 aromatic rings. The fourth-order valence-corrected chi connectivity index (χ4v) is 5.06. The first-order chi connectivity index (χ1) is 19.8. The number of esters is 1. The number of nitrogens with one attached hydrogen (secondary N) is 1. The van der Waals surface area contributed by atoms with Crippen molar-refractivity contribution in [2.24, 2.45) is 11.8 Å². The lowest BCUT2D eigenvalue weighted by Gasteiger charge is -2.21. The first kappa shape index (κ1) is 34.0. The second-order valence-corrected chi connectivity index (χ2v) is 10.5. The van der Waals surface area contributed by atoms with E-state index in [-0.39, 0.29) is 36.7 Å². The number of nitrogens with zero attached hydrogens (tertiary/aromatic N) is 1. The van der Waals surface area contributed by atoms with E-state index in [4.69, 9.17) is 4.74 Å². The zero-order valence-corrected chi connectivity index (χ0v) is 24.1. The van der Waals surface area contributed by atoms with E-state index in [1.54, 1.807) is 0 Å². The fraction of sp³-hybridized carbons (Fsp3) is 0.613. The van der Waals surface area contributed by atoms with Crippen LogP contribution in [0.4, 0.5) is 0 Å². The molecule has 0 bridgehead atoms. The van der Waals surface area contributed by atoms with Crippen molar-refractivity contribution in [3.8, 4) is 0 Å². The van der Waals surface area contributed by atoms with Gasteiger partial charge in [0, 0.05) is 31.7 Å². The maximum absolute atomic E-state index is 12.6. The Kier molecular flexibility index (Phi) is 16.4. The molecule has 0 unspecified atom stereocenters. The number of allylic oxidation sites excluding steroid dienone is 2. The number of aryl methyl sites for hydroxylation is 1.